The van der Waals surface area contributed by atoms with Crippen molar-refractivity contribution in [1.82, 2.24) is 4.90 Å². The van der Waals surface area contributed by atoms with Gasteiger partial charge in [0.05, 0.1) is 29.1 Å². The van der Waals surface area contributed by atoms with Crippen molar-refractivity contribution in [3.63, 3.8) is 0 Å². The van der Waals surface area contributed by atoms with Crippen molar-refractivity contribution < 1.29 is 14.3 Å². The molecule has 38 heavy (non-hydrogen) atoms. The van der Waals surface area contributed by atoms with Gasteiger partial charge in [0.1, 0.15) is 17.1 Å². The summed E-state index contributed by atoms with van der Waals surface area (Å²) in [6, 6.07) is 21.9. The number of methoxy groups -OCH3 is 1. The molecule has 7 heteroatoms. The SMILES string of the molecule is COc1ccc2c(c1)C(=O)CC1(CCCN(CC[C@H](CN(C)c3ccccc3)c3ccc(Cl)c(Cl)c3)C1)O2. The van der Waals surface area contributed by atoms with E-state index in [4.69, 9.17) is 32.7 Å². The molecule has 0 bridgehead atoms. The van der Waals surface area contributed by atoms with E-state index in [2.05, 4.69) is 47.2 Å². The largest absolute Gasteiger partial charge is 0.497 e. The fraction of sp³-hybridized carbons (Fsp3) is 0.387. The second-order valence-corrected chi connectivity index (χ2v) is 11.3. The summed E-state index contributed by atoms with van der Waals surface area (Å²) in [5.41, 5.74) is 2.51. The summed E-state index contributed by atoms with van der Waals surface area (Å²) >= 11 is 12.7. The Morgan fingerprint density at radius 1 is 1.08 bits per heavy atom. The van der Waals surface area contributed by atoms with Crippen LogP contribution in [-0.2, 0) is 0 Å². The van der Waals surface area contributed by atoms with E-state index in [1.165, 1.54) is 11.3 Å². The molecule has 2 aliphatic rings. The van der Waals surface area contributed by atoms with Gasteiger partial charge < -0.3 is 14.4 Å². The number of carbonyl (C=O) groups is 1. The second-order valence-electron chi connectivity index (χ2n) is 10.5. The van der Waals surface area contributed by atoms with Crippen molar-refractivity contribution in [3.8, 4) is 11.5 Å². The number of anilines is 1. The molecular weight excluding hydrogens is 519 g/mol. The molecule has 1 fully saturated rings. The van der Waals surface area contributed by atoms with Gasteiger partial charge in [-0.25, -0.2) is 0 Å². The molecule has 0 radical (unpaired) electrons. The number of rotatable bonds is 8. The zero-order valence-electron chi connectivity index (χ0n) is 22.0. The summed E-state index contributed by atoms with van der Waals surface area (Å²) < 4.78 is 11.9. The Bertz CT molecular complexity index is 1290. The number of piperidine rings is 1. The second kappa shape index (κ2) is 11.6. The van der Waals surface area contributed by atoms with Crippen LogP contribution in [0, 0.1) is 0 Å². The zero-order valence-corrected chi connectivity index (χ0v) is 23.5. The standard InChI is InChI=1S/C31H34Cl2N2O3/c1-34(24-7-4-3-5-8-24)20-23(22-9-11-27(32)28(33)17-22)13-16-35-15-6-14-31(21-35)19-29(36)26-18-25(37-2)10-12-30(26)38-31/h3-5,7-12,17-18,23H,6,13-16,19-21H2,1-2H3/t23-,31?/m1/s1. The van der Waals surface area contributed by atoms with Gasteiger partial charge in [-0.2, -0.15) is 0 Å². The van der Waals surface area contributed by atoms with Gasteiger partial charge in [0, 0.05) is 31.7 Å². The molecule has 5 nitrogen and oxygen atoms in total. The maximum absolute atomic E-state index is 13.1. The Morgan fingerprint density at radius 3 is 2.66 bits per heavy atom. The van der Waals surface area contributed by atoms with Crippen LogP contribution < -0.4 is 14.4 Å². The highest BCUT2D eigenvalue weighted by molar-refractivity contribution is 6.42. The van der Waals surface area contributed by atoms with E-state index in [1.54, 1.807) is 13.2 Å². The number of hydrogen-bond donors (Lipinski definition) is 0. The van der Waals surface area contributed by atoms with Crippen LogP contribution in [0.4, 0.5) is 5.69 Å². The van der Waals surface area contributed by atoms with Gasteiger partial charge in [-0.05, 0) is 80.4 Å². The van der Waals surface area contributed by atoms with Crippen molar-refractivity contribution in [3.05, 3.63) is 87.9 Å². The molecule has 2 atom stereocenters. The maximum atomic E-state index is 13.1. The smallest absolute Gasteiger partial charge is 0.170 e. The molecule has 3 aromatic carbocycles. The monoisotopic (exact) mass is 552 g/mol. The molecule has 2 aliphatic heterocycles. The Kier molecular flexibility index (Phi) is 8.18. The van der Waals surface area contributed by atoms with Crippen LogP contribution in [0.3, 0.4) is 0 Å². The van der Waals surface area contributed by atoms with Crippen LogP contribution in [-0.4, -0.2) is 56.6 Å². The van der Waals surface area contributed by atoms with Crippen LogP contribution in [0.2, 0.25) is 10.0 Å². The Balaban J connectivity index is 1.30. The molecular formula is C31H34Cl2N2O3. The summed E-state index contributed by atoms with van der Waals surface area (Å²) in [6.45, 7) is 3.50. The van der Waals surface area contributed by atoms with Crippen molar-refractivity contribution in [2.45, 2.75) is 37.2 Å². The number of hydrogen-bond acceptors (Lipinski definition) is 5. The molecule has 2 heterocycles. The quantitative estimate of drug-likeness (QED) is 0.297. The van der Waals surface area contributed by atoms with Crippen LogP contribution in [0.15, 0.2) is 66.7 Å². The Morgan fingerprint density at radius 2 is 1.89 bits per heavy atom. The Labute approximate surface area is 235 Å². The number of halogens is 2. The van der Waals surface area contributed by atoms with E-state index >= 15 is 0 Å². The third-order valence-electron chi connectivity index (χ3n) is 7.81. The third-order valence-corrected chi connectivity index (χ3v) is 8.55. The van der Waals surface area contributed by atoms with Crippen LogP contribution in [0.25, 0.3) is 0 Å². The predicted octanol–water partition coefficient (Wildman–Crippen LogP) is 7.11. The first-order valence-electron chi connectivity index (χ1n) is 13.2. The summed E-state index contributed by atoms with van der Waals surface area (Å²) in [5.74, 6) is 1.73. The highest BCUT2D eigenvalue weighted by atomic mass is 35.5. The van der Waals surface area contributed by atoms with Crippen molar-refractivity contribution in [2.24, 2.45) is 0 Å². The zero-order chi connectivity index (χ0) is 26.7. The highest BCUT2D eigenvalue weighted by Gasteiger charge is 2.43. The van der Waals surface area contributed by atoms with Gasteiger partial charge in [-0.15, -0.1) is 0 Å². The van der Waals surface area contributed by atoms with Gasteiger partial charge in [0.2, 0.25) is 0 Å². The summed E-state index contributed by atoms with van der Waals surface area (Å²) in [6.07, 6.45) is 3.23. The minimum absolute atomic E-state index is 0.130. The number of ether oxygens (including phenoxy) is 2. The van der Waals surface area contributed by atoms with Crippen molar-refractivity contribution >= 4 is 34.7 Å². The van der Waals surface area contributed by atoms with E-state index in [9.17, 15) is 4.79 Å². The lowest BCUT2D eigenvalue weighted by Gasteiger charge is -2.45. The number of ketones is 1. The number of nitrogens with zero attached hydrogens (tertiary/aromatic N) is 2. The average molecular weight is 554 g/mol. The van der Waals surface area contributed by atoms with Gasteiger partial charge in [0.15, 0.2) is 5.78 Å². The minimum atomic E-state index is -0.475. The normalized spacial score (nSPS) is 20.1. The van der Waals surface area contributed by atoms with Gasteiger partial charge in [-0.1, -0.05) is 47.5 Å². The molecule has 1 unspecified atom stereocenters. The molecule has 0 amide bonds. The topological polar surface area (TPSA) is 42.0 Å². The number of Topliss-reactive ketones (excluding diaryl/α,β-unsaturated/α-hetero) is 1. The molecule has 1 spiro atoms. The number of likely N-dealkylation sites (N-methyl/N-ethyl adjacent to an activating group) is 1. The van der Waals surface area contributed by atoms with Crippen LogP contribution >= 0.6 is 23.2 Å². The summed E-state index contributed by atoms with van der Waals surface area (Å²) in [7, 11) is 3.74. The van der Waals surface area contributed by atoms with Gasteiger partial charge >= 0.3 is 0 Å². The lowest BCUT2D eigenvalue weighted by atomic mass is 9.83. The third kappa shape index (κ3) is 5.96. The molecule has 0 aromatic heterocycles. The van der Waals surface area contributed by atoms with Crippen molar-refractivity contribution in [2.75, 3.05) is 45.2 Å². The van der Waals surface area contributed by atoms with E-state index < -0.39 is 5.60 Å². The maximum Gasteiger partial charge on any atom is 0.170 e. The van der Waals surface area contributed by atoms with E-state index in [0.717, 1.165) is 45.4 Å². The summed E-state index contributed by atoms with van der Waals surface area (Å²) in [4.78, 5) is 17.9. The van der Waals surface area contributed by atoms with E-state index in [-0.39, 0.29) is 11.7 Å². The minimum Gasteiger partial charge on any atom is -0.497 e. The first kappa shape index (κ1) is 26.9. The van der Waals surface area contributed by atoms with E-state index in [1.807, 2.05) is 30.3 Å². The number of para-hydroxylation sites is 1. The molecule has 200 valence electrons. The highest BCUT2D eigenvalue weighted by Crippen LogP contribution is 2.40. The molecule has 3 aromatic rings. The number of fused-ring (bicyclic) bond motifs is 1. The van der Waals surface area contributed by atoms with Crippen LogP contribution in [0.1, 0.15) is 47.5 Å². The predicted molar refractivity (Wildman–Crippen MR) is 155 cm³/mol. The van der Waals surface area contributed by atoms with Gasteiger partial charge in [-0.3, -0.25) is 9.69 Å². The fourth-order valence-electron chi connectivity index (χ4n) is 5.80. The first-order valence-corrected chi connectivity index (χ1v) is 14.0. The lowest BCUT2D eigenvalue weighted by Crippen LogP contribution is -2.54. The number of likely N-dealkylation sites (tertiary alicyclic amines) is 1. The number of carbonyl (C=O) groups excluding carboxylic acids is 1. The molecule has 0 aliphatic carbocycles. The number of benzene rings is 3. The Hall–Kier alpha value is -2.73. The first-order chi connectivity index (χ1) is 18.4. The molecule has 5 rings (SSSR count). The fourth-order valence-corrected chi connectivity index (χ4v) is 6.10. The summed E-state index contributed by atoms with van der Waals surface area (Å²) in [5, 5.41) is 1.15. The van der Waals surface area contributed by atoms with Crippen LogP contribution in [0.5, 0.6) is 11.5 Å². The molecule has 0 N–H and O–H groups in total. The molecule has 0 saturated carbocycles. The van der Waals surface area contributed by atoms with E-state index in [0.29, 0.717) is 33.5 Å². The van der Waals surface area contributed by atoms with Crippen molar-refractivity contribution in [1.29, 1.82) is 0 Å². The average Bonchev–Trinajstić information content (AvgIpc) is 2.93. The molecule has 1 saturated heterocycles. The lowest BCUT2D eigenvalue weighted by molar-refractivity contribution is -0.0185. The van der Waals surface area contributed by atoms with Gasteiger partial charge in [0.25, 0.3) is 0 Å².